The highest BCUT2D eigenvalue weighted by Crippen LogP contribution is 2.36. The Morgan fingerprint density at radius 1 is 1.00 bits per heavy atom. The van der Waals surface area contributed by atoms with Gasteiger partial charge < -0.3 is 14.6 Å². The third kappa shape index (κ3) is 7.60. The first-order valence-electron chi connectivity index (χ1n) is 9.42. The van der Waals surface area contributed by atoms with Crippen LogP contribution in [0.25, 0.3) is 6.08 Å². The molecule has 2 aromatic rings. The molecular formula is C22H20F6O4. The lowest BCUT2D eigenvalue weighted by Gasteiger charge is -2.13. The van der Waals surface area contributed by atoms with Gasteiger partial charge in [-0.3, -0.25) is 0 Å². The monoisotopic (exact) mass is 462 g/mol. The van der Waals surface area contributed by atoms with E-state index in [0.717, 1.165) is 6.08 Å². The molecule has 0 aliphatic carbocycles. The van der Waals surface area contributed by atoms with E-state index in [2.05, 4.69) is 0 Å². The molecule has 0 saturated carbocycles. The molecule has 0 spiro atoms. The third-order valence-electron chi connectivity index (χ3n) is 4.25. The Hall–Kier alpha value is -3.01. The van der Waals surface area contributed by atoms with Crippen LogP contribution in [-0.4, -0.2) is 30.4 Å². The Morgan fingerprint density at radius 3 is 2.03 bits per heavy atom. The van der Waals surface area contributed by atoms with Crippen molar-refractivity contribution in [2.24, 2.45) is 0 Å². The molecule has 0 aliphatic heterocycles. The van der Waals surface area contributed by atoms with Crippen LogP contribution in [0, 0.1) is 0 Å². The molecule has 2 rings (SSSR count). The Kier molecular flexibility index (Phi) is 8.31. The quantitative estimate of drug-likeness (QED) is 0.475. The van der Waals surface area contributed by atoms with Crippen molar-refractivity contribution in [3.05, 3.63) is 70.8 Å². The molecular weight excluding hydrogens is 442 g/mol. The van der Waals surface area contributed by atoms with Crippen LogP contribution >= 0.6 is 0 Å². The summed E-state index contributed by atoms with van der Waals surface area (Å²) in [4.78, 5) is 11.1. The van der Waals surface area contributed by atoms with E-state index in [1.165, 1.54) is 6.08 Å². The zero-order valence-electron chi connectivity index (χ0n) is 16.8. The molecule has 0 aromatic heterocycles. The second-order valence-corrected chi connectivity index (χ2v) is 6.68. The van der Waals surface area contributed by atoms with Crippen molar-refractivity contribution in [2.75, 3.05) is 13.2 Å². The van der Waals surface area contributed by atoms with E-state index in [-0.39, 0.29) is 31.3 Å². The predicted molar refractivity (Wildman–Crippen MR) is 104 cm³/mol. The highest BCUT2D eigenvalue weighted by Gasteiger charge is 2.36. The number of carboxylic acids is 1. The number of hydrogen-bond donors (Lipinski definition) is 1. The molecule has 1 N–H and O–H groups in total. The molecule has 0 fully saturated rings. The SMILES string of the molecule is CCO[C@@H](Cc1ccc(OC/C=C/c2cc(C(F)(F)F)cc(C(F)(F)F)c2)cc1)C(=O)O. The Morgan fingerprint density at radius 2 is 1.56 bits per heavy atom. The number of ether oxygens (including phenoxy) is 2. The van der Waals surface area contributed by atoms with Gasteiger partial charge in [-0.15, -0.1) is 0 Å². The van der Waals surface area contributed by atoms with Crippen LogP contribution in [0.15, 0.2) is 48.5 Å². The minimum atomic E-state index is -4.91. The average molecular weight is 462 g/mol. The van der Waals surface area contributed by atoms with Crippen LogP contribution in [0.5, 0.6) is 5.75 Å². The fraction of sp³-hybridized carbons (Fsp3) is 0.318. The maximum Gasteiger partial charge on any atom is 0.416 e. The minimum absolute atomic E-state index is 0.0653. The molecule has 2 aromatic carbocycles. The lowest BCUT2D eigenvalue weighted by molar-refractivity contribution is -0.150. The molecule has 0 aliphatic rings. The van der Waals surface area contributed by atoms with E-state index >= 15 is 0 Å². The van der Waals surface area contributed by atoms with Gasteiger partial charge >= 0.3 is 18.3 Å². The molecule has 0 unspecified atom stereocenters. The molecule has 32 heavy (non-hydrogen) atoms. The van der Waals surface area contributed by atoms with Crippen molar-refractivity contribution < 1.29 is 45.7 Å². The Balaban J connectivity index is 2.03. The average Bonchev–Trinajstić information content (AvgIpc) is 2.70. The first-order valence-corrected chi connectivity index (χ1v) is 9.42. The number of halogens is 6. The summed E-state index contributed by atoms with van der Waals surface area (Å²) in [5.74, 6) is -0.692. The van der Waals surface area contributed by atoms with Crippen LogP contribution in [0.1, 0.15) is 29.2 Å². The standard InChI is InChI=1S/C22H20F6O4/c1-2-31-19(20(29)30)12-14-5-7-18(8-6-14)32-9-3-4-15-10-16(21(23,24)25)13-17(11-15)22(26,27)28/h3-8,10-11,13,19H,2,9,12H2,1H3,(H,29,30)/b4-3+/t19-/m0/s1. The van der Waals surface area contributed by atoms with Crippen LogP contribution < -0.4 is 4.74 Å². The van der Waals surface area contributed by atoms with Crippen molar-refractivity contribution in [3.63, 3.8) is 0 Å². The topological polar surface area (TPSA) is 55.8 Å². The molecule has 0 bridgehead atoms. The van der Waals surface area contributed by atoms with Gasteiger partial charge in [0.25, 0.3) is 0 Å². The largest absolute Gasteiger partial charge is 0.490 e. The van der Waals surface area contributed by atoms with E-state index in [9.17, 15) is 31.1 Å². The minimum Gasteiger partial charge on any atom is -0.490 e. The van der Waals surface area contributed by atoms with E-state index in [1.807, 2.05) is 0 Å². The summed E-state index contributed by atoms with van der Waals surface area (Å²) in [6.45, 7) is 1.83. The summed E-state index contributed by atoms with van der Waals surface area (Å²) in [5, 5.41) is 9.10. The Bertz CT molecular complexity index is 901. The zero-order chi connectivity index (χ0) is 23.9. The van der Waals surface area contributed by atoms with Crippen LogP contribution in [-0.2, 0) is 28.3 Å². The second-order valence-electron chi connectivity index (χ2n) is 6.68. The van der Waals surface area contributed by atoms with Crippen molar-refractivity contribution in [1.29, 1.82) is 0 Å². The second kappa shape index (κ2) is 10.5. The third-order valence-corrected chi connectivity index (χ3v) is 4.25. The van der Waals surface area contributed by atoms with Gasteiger partial charge in [0.1, 0.15) is 12.4 Å². The molecule has 0 saturated heterocycles. The number of alkyl halides is 6. The molecule has 1 atom stereocenters. The van der Waals surface area contributed by atoms with E-state index in [0.29, 0.717) is 23.4 Å². The van der Waals surface area contributed by atoms with Crippen LogP contribution in [0.3, 0.4) is 0 Å². The summed E-state index contributed by atoms with van der Waals surface area (Å²) < 4.78 is 87.9. The molecule has 4 nitrogen and oxygen atoms in total. The lowest BCUT2D eigenvalue weighted by Crippen LogP contribution is -2.26. The van der Waals surface area contributed by atoms with Crippen molar-refractivity contribution in [3.8, 4) is 5.75 Å². The van der Waals surface area contributed by atoms with E-state index in [1.54, 1.807) is 31.2 Å². The van der Waals surface area contributed by atoms with Crippen LogP contribution in [0.4, 0.5) is 26.3 Å². The number of aliphatic carboxylic acids is 1. The Labute approximate surface area is 180 Å². The smallest absolute Gasteiger partial charge is 0.416 e. The first kappa shape index (κ1) is 25.3. The number of hydrogen-bond acceptors (Lipinski definition) is 3. The first-order chi connectivity index (χ1) is 14.9. The maximum atomic E-state index is 12.9. The molecule has 10 heteroatoms. The number of carboxylic acid groups (broad SMARTS) is 1. The van der Waals surface area contributed by atoms with Gasteiger partial charge in [0, 0.05) is 13.0 Å². The fourth-order valence-corrected chi connectivity index (χ4v) is 2.76. The summed E-state index contributed by atoms with van der Waals surface area (Å²) >= 11 is 0. The predicted octanol–water partition coefficient (Wildman–Crippen LogP) is 5.85. The van der Waals surface area contributed by atoms with Gasteiger partial charge in [0.15, 0.2) is 6.10 Å². The zero-order valence-corrected chi connectivity index (χ0v) is 16.8. The van der Waals surface area contributed by atoms with E-state index in [4.69, 9.17) is 14.6 Å². The van der Waals surface area contributed by atoms with E-state index < -0.39 is 35.6 Å². The molecule has 174 valence electrons. The van der Waals surface area contributed by atoms with Gasteiger partial charge in [-0.2, -0.15) is 26.3 Å². The van der Waals surface area contributed by atoms with Gasteiger partial charge in [0.05, 0.1) is 11.1 Å². The summed E-state index contributed by atoms with van der Waals surface area (Å²) in [6, 6.07) is 7.72. The van der Waals surface area contributed by atoms with Crippen molar-refractivity contribution in [2.45, 2.75) is 31.8 Å². The lowest BCUT2D eigenvalue weighted by atomic mass is 10.0. The normalized spacial score (nSPS) is 13.3. The van der Waals surface area contributed by atoms with Gasteiger partial charge in [-0.25, -0.2) is 4.79 Å². The summed E-state index contributed by atoms with van der Waals surface area (Å²) in [5.41, 5.74) is -2.36. The fourth-order valence-electron chi connectivity index (χ4n) is 2.76. The number of benzene rings is 2. The van der Waals surface area contributed by atoms with Gasteiger partial charge in [-0.1, -0.05) is 18.2 Å². The van der Waals surface area contributed by atoms with Gasteiger partial charge in [0.2, 0.25) is 0 Å². The molecule has 0 radical (unpaired) electrons. The highest BCUT2D eigenvalue weighted by atomic mass is 19.4. The van der Waals surface area contributed by atoms with Gasteiger partial charge in [-0.05, 0) is 54.5 Å². The highest BCUT2D eigenvalue weighted by molar-refractivity contribution is 5.72. The maximum absolute atomic E-state index is 12.9. The summed E-state index contributed by atoms with van der Waals surface area (Å²) in [6.07, 6.45) is -8.25. The van der Waals surface area contributed by atoms with Crippen molar-refractivity contribution in [1.82, 2.24) is 0 Å². The molecule has 0 amide bonds. The van der Waals surface area contributed by atoms with Crippen molar-refractivity contribution >= 4 is 12.0 Å². The summed E-state index contributed by atoms with van der Waals surface area (Å²) in [7, 11) is 0. The number of rotatable bonds is 9. The number of carbonyl (C=O) groups is 1. The van der Waals surface area contributed by atoms with Crippen LogP contribution in [0.2, 0.25) is 0 Å². The molecule has 0 heterocycles.